The Labute approximate surface area is 118 Å². The van der Waals surface area contributed by atoms with Crippen LogP contribution in [0.3, 0.4) is 0 Å². The Morgan fingerprint density at radius 1 is 1.10 bits per heavy atom. The molecule has 7 heteroatoms. The van der Waals surface area contributed by atoms with Gasteiger partial charge in [0.25, 0.3) is 10.1 Å². The molecular formula is C13H19FN2O3S. The summed E-state index contributed by atoms with van der Waals surface area (Å²) >= 11 is 0. The molecule has 20 heavy (non-hydrogen) atoms. The minimum absolute atomic E-state index is 0.189. The number of hydrogen-bond donors (Lipinski definition) is 1. The summed E-state index contributed by atoms with van der Waals surface area (Å²) in [5.41, 5.74) is 1.00. The second kappa shape index (κ2) is 6.51. The summed E-state index contributed by atoms with van der Waals surface area (Å²) in [5.74, 6) is -0.428. The van der Waals surface area contributed by atoms with Gasteiger partial charge in [0.05, 0.1) is 5.75 Å². The van der Waals surface area contributed by atoms with Crippen LogP contribution in [0.1, 0.15) is 6.42 Å². The Balaban J connectivity index is 1.76. The van der Waals surface area contributed by atoms with Crippen molar-refractivity contribution in [3.8, 4) is 0 Å². The second-order valence-corrected chi connectivity index (χ2v) is 6.52. The molecule has 0 aliphatic carbocycles. The van der Waals surface area contributed by atoms with Crippen LogP contribution in [0.25, 0.3) is 0 Å². The molecule has 0 atom stereocenters. The van der Waals surface area contributed by atoms with Crippen molar-refractivity contribution < 1.29 is 17.4 Å². The van der Waals surface area contributed by atoms with Crippen LogP contribution in [0, 0.1) is 5.82 Å². The van der Waals surface area contributed by atoms with Gasteiger partial charge in [-0.05, 0) is 37.2 Å². The van der Waals surface area contributed by atoms with E-state index in [1.807, 2.05) is 0 Å². The maximum absolute atomic E-state index is 12.9. The highest BCUT2D eigenvalue weighted by molar-refractivity contribution is 7.85. The molecule has 1 saturated heterocycles. The Hall–Kier alpha value is -1.18. The smallest absolute Gasteiger partial charge is 0.264 e. The van der Waals surface area contributed by atoms with Crippen LogP contribution in [0.4, 0.5) is 10.1 Å². The number of nitrogens with zero attached hydrogens (tertiary/aromatic N) is 2. The summed E-state index contributed by atoms with van der Waals surface area (Å²) < 4.78 is 42.8. The SMILES string of the molecule is O=S(=O)(O)CCCN1CCN(c2ccc(F)cc2)CC1. The van der Waals surface area contributed by atoms with E-state index in [0.29, 0.717) is 13.0 Å². The minimum Gasteiger partial charge on any atom is -0.369 e. The zero-order valence-corrected chi connectivity index (χ0v) is 12.0. The van der Waals surface area contributed by atoms with Crippen LogP contribution in [0.5, 0.6) is 0 Å². The van der Waals surface area contributed by atoms with Gasteiger partial charge in [-0.25, -0.2) is 4.39 Å². The first-order valence-corrected chi connectivity index (χ1v) is 8.23. The lowest BCUT2D eigenvalue weighted by Gasteiger charge is -2.36. The predicted octanol–water partition coefficient (Wildman–Crippen LogP) is 1.23. The van der Waals surface area contributed by atoms with Gasteiger partial charge < -0.3 is 4.90 Å². The standard InChI is InChI=1S/C13H19FN2O3S/c14-12-2-4-13(5-3-12)16-9-7-15(8-10-16)6-1-11-20(17,18)19/h2-5H,1,6-11H2,(H,17,18,19). The molecule has 0 saturated carbocycles. The molecule has 0 aromatic heterocycles. The molecule has 1 aromatic rings. The Morgan fingerprint density at radius 3 is 2.25 bits per heavy atom. The summed E-state index contributed by atoms with van der Waals surface area (Å²) in [6.07, 6.45) is 0.440. The van der Waals surface area contributed by atoms with Crippen LogP contribution in [-0.4, -0.2) is 56.3 Å². The third-order valence-corrected chi connectivity index (χ3v) is 4.25. The summed E-state index contributed by atoms with van der Waals surface area (Å²) in [7, 11) is -3.86. The number of anilines is 1. The van der Waals surface area contributed by atoms with Gasteiger partial charge in [-0.3, -0.25) is 9.45 Å². The van der Waals surface area contributed by atoms with Crippen molar-refractivity contribution in [3.05, 3.63) is 30.1 Å². The number of hydrogen-bond acceptors (Lipinski definition) is 4. The quantitative estimate of drug-likeness (QED) is 0.829. The molecule has 1 aromatic carbocycles. The molecule has 1 N–H and O–H groups in total. The lowest BCUT2D eigenvalue weighted by atomic mass is 10.2. The topological polar surface area (TPSA) is 60.9 Å². The van der Waals surface area contributed by atoms with Crippen molar-refractivity contribution in [2.75, 3.05) is 43.4 Å². The van der Waals surface area contributed by atoms with E-state index in [1.165, 1.54) is 12.1 Å². The number of halogens is 1. The molecular weight excluding hydrogens is 283 g/mol. The fourth-order valence-corrected chi connectivity index (χ4v) is 2.85. The highest BCUT2D eigenvalue weighted by atomic mass is 32.2. The van der Waals surface area contributed by atoms with Crippen molar-refractivity contribution >= 4 is 15.8 Å². The van der Waals surface area contributed by atoms with Gasteiger partial charge in [0.15, 0.2) is 0 Å². The van der Waals surface area contributed by atoms with Crippen LogP contribution < -0.4 is 4.90 Å². The molecule has 5 nitrogen and oxygen atoms in total. The second-order valence-electron chi connectivity index (χ2n) is 4.94. The largest absolute Gasteiger partial charge is 0.369 e. The average Bonchev–Trinajstić information content (AvgIpc) is 2.39. The summed E-state index contributed by atoms with van der Waals surface area (Å²) in [6, 6.07) is 6.44. The summed E-state index contributed by atoms with van der Waals surface area (Å²) in [4.78, 5) is 4.35. The summed E-state index contributed by atoms with van der Waals surface area (Å²) in [6.45, 7) is 4.00. The maximum Gasteiger partial charge on any atom is 0.264 e. The van der Waals surface area contributed by atoms with E-state index in [9.17, 15) is 12.8 Å². The Bertz CT molecular complexity index is 525. The zero-order chi connectivity index (χ0) is 14.6. The van der Waals surface area contributed by atoms with Gasteiger partial charge in [-0.2, -0.15) is 8.42 Å². The maximum atomic E-state index is 12.9. The number of benzene rings is 1. The monoisotopic (exact) mass is 302 g/mol. The fourth-order valence-electron chi connectivity index (χ4n) is 2.35. The lowest BCUT2D eigenvalue weighted by Crippen LogP contribution is -2.46. The van der Waals surface area contributed by atoms with Crippen molar-refractivity contribution in [2.24, 2.45) is 0 Å². The van der Waals surface area contributed by atoms with Gasteiger partial charge in [0, 0.05) is 31.9 Å². The molecule has 0 bridgehead atoms. The highest BCUT2D eigenvalue weighted by Crippen LogP contribution is 2.16. The van der Waals surface area contributed by atoms with E-state index in [0.717, 1.165) is 31.9 Å². The molecule has 1 heterocycles. The van der Waals surface area contributed by atoms with Gasteiger partial charge in [-0.15, -0.1) is 0 Å². The van der Waals surface area contributed by atoms with E-state index in [1.54, 1.807) is 12.1 Å². The van der Waals surface area contributed by atoms with E-state index in [2.05, 4.69) is 9.80 Å². The van der Waals surface area contributed by atoms with Crippen LogP contribution in [0.15, 0.2) is 24.3 Å². The molecule has 0 spiro atoms. The van der Waals surface area contributed by atoms with Crippen molar-refractivity contribution in [2.45, 2.75) is 6.42 Å². The first-order valence-electron chi connectivity index (χ1n) is 6.62. The van der Waals surface area contributed by atoms with Crippen molar-refractivity contribution in [1.82, 2.24) is 4.90 Å². The molecule has 0 amide bonds. The van der Waals surface area contributed by atoms with Gasteiger partial charge >= 0.3 is 0 Å². The Kier molecular flexibility index (Phi) is 4.95. The molecule has 1 aliphatic heterocycles. The first kappa shape index (κ1) is 15.2. The van der Waals surface area contributed by atoms with E-state index < -0.39 is 10.1 Å². The fraction of sp³-hybridized carbons (Fsp3) is 0.538. The van der Waals surface area contributed by atoms with Crippen molar-refractivity contribution in [3.63, 3.8) is 0 Å². The first-order chi connectivity index (χ1) is 9.44. The van der Waals surface area contributed by atoms with E-state index in [4.69, 9.17) is 4.55 Å². The molecule has 112 valence electrons. The predicted molar refractivity (Wildman–Crippen MR) is 76.1 cm³/mol. The average molecular weight is 302 g/mol. The zero-order valence-electron chi connectivity index (χ0n) is 11.2. The third kappa shape index (κ3) is 4.73. The summed E-state index contributed by atoms with van der Waals surface area (Å²) in [5, 5.41) is 0. The number of rotatable bonds is 5. The van der Waals surface area contributed by atoms with Crippen LogP contribution in [0.2, 0.25) is 0 Å². The van der Waals surface area contributed by atoms with Crippen LogP contribution in [-0.2, 0) is 10.1 Å². The lowest BCUT2D eigenvalue weighted by molar-refractivity contribution is 0.258. The van der Waals surface area contributed by atoms with Gasteiger partial charge in [0.2, 0.25) is 0 Å². The van der Waals surface area contributed by atoms with Crippen LogP contribution >= 0.6 is 0 Å². The van der Waals surface area contributed by atoms with Gasteiger partial charge in [-0.1, -0.05) is 0 Å². The molecule has 0 unspecified atom stereocenters. The molecule has 1 fully saturated rings. The molecule has 1 aliphatic rings. The number of piperazine rings is 1. The van der Waals surface area contributed by atoms with Crippen molar-refractivity contribution in [1.29, 1.82) is 0 Å². The van der Waals surface area contributed by atoms with E-state index >= 15 is 0 Å². The van der Waals surface area contributed by atoms with E-state index in [-0.39, 0.29) is 11.6 Å². The normalized spacial score (nSPS) is 17.4. The highest BCUT2D eigenvalue weighted by Gasteiger charge is 2.17. The van der Waals surface area contributed by atoms with Gasteiger partial charge in [0.1, 0.15) is 5.82 Å². The minimum atomic E-state index is -3.86. The third-order valence-electron chi connectivity index (χ3n) is 3.44. The Morgan fingerprint density at radius 2 is 1.70 bits per heavy atom. The molecule has 0 radical (unpaired) electrons. The molecule has 2 rings (SSSR count).